The molecule has 1 atom stereocenters. The first-order chi connectivity index (χ1) is 15.0. The van der Waals surface area contributed by atoms with Crippen LogP contribution in [0.1, 0.15) is 38.8 Å². The molecule has 4 aromatic rings. The van der Waals surface area contributed by atoms with Crippen LogP contribution in [0.15, 0.2) is 67.0 Å². The number of hydrogen-bond acceptors (Lipinski definition) is 3. The fourth-order valence-corrected chi connectivity index (χ4v) is 4.32. The van der Waals surface area contributed by atoms with Gasteiger partial charge in [-0.05, 0) is 36.2 Å². The lowest BCUT2D eigenvalue weighted by Crippen LogP contribution is -2.29. The molecule has 1 aliphatic heterocycles. The molecule has 3 heterocycles. The van der Waals surface area contributed by atoms with Crippen LogP contribution in [0.5, 0.6) is 0 Å². The van der Waals surface area contributed by atoms with E-state index in [-0.39, 0.29) is 11.9 Å². The van der Waals surface area contributed by atoms with E-state index >= 15 is 0 Å². The number of rotatable bonds is 4. The number of carbonyl (C=O) groups is 1. The molecule has 154 valence electrons. The van der Waals surface area contributed by atoms with Gasteiger partial charge in [-0.1, -0.05) is 65.2 Å². The second kappa shape index (κ2) is 7.84. The van der Waals surface area contributed by atoms with Gasteiger partial charge in [-0.15, -0.1) is 0 Å². The number of aromatic amines is 1. The highest BCUT2D eigenvalue weighted by Crippen LogP contribution is 2.44. The zero-order valence-corrected chi connectivity index (χ0v) is 18.2. The van der Waals surface area contributed by atoms with Gasteiger partial charge in [0.2, 0.25) is 0 Å². The third-order valence-electron chi connectivity index (χ3n) is 5.52. The highest BCUT2D eigenvalue weighted by atomic mass is 35.5. The molecule has 1 unspecified atom stereocenters. The average Bonchev–Trinajstić information content (AvgIpc) is 3.31. The van der Waals surface area contributed by atoms with Crippen LogP contribution in [0.4, 0.5) is 0 Å². The molecule has 7 heteroatoms. The van der Waals surface area contributed by atoms with Crippen LogP contribution in [-0.4, -0.2) is 26.0 Å². The molecule has 0 fully saturated rings. The van der Waals surface area contributed by atoms with E-state index in [0.29, 0.717) is 22.3 Å². The van der Waals surface area contributed by atoms with Crippen molar-refractivity contribution in [2.75, 3.05) is 0 Å². The summed E-state index contributed by atoms with van der Waals surface area (Å²) in [7, 11) is 0. The predicted molar refractivity (Wildman–Crippen MR) is 121 cm³/mol. The maximum Gasteiger partial charge on any atom is 0.273 e. The highest BCUT2D eigenvalue weighted by molar-refractivity contribution is 6.42. The summed E-state index contributed by atoms with van der Waals surface area (Å²) >= 11 is 12.5. The second-order valence-corrected chi connectivity index (χ2v) is 8.41. The van der Waals surface area contributed by atoms with Crippen molar-refractivity contribution >= 4 is 29.1 Å². The normalized spacial score (nSPS) is 15.4. The largest absolute Gasteiger partial charge is 0.322 e. The molecule has 0 radical (unpaired) electrons. The molecule has 0 aliphatic carbocycles. The molecule has 0 spiro atoms. The lowest BCUT2D eigenvalue weighted by Gasteiger charge is -2.26. The Morgan fingerprint density at radius 1 is 1.06 bits per heavy atom. The number of nitrogens with zero attached hydrogens (tertiary/aromatic N) is 3. The number of pyridine rings is 1. The molecule has 2 aromatic carbocycles. The highest BCUT2D eigenvalue weighted by Gasteiger charge is 2.42. The standard InChI is InChI=1S/C24H18Cl2N4O/c1-14-4-6-16(7-5-14)21-20-22(29-28-21)24(31)30(13-15-3-2-10-27-12-15)23(20)17-8-9-18(25)19(26)11-17/h2-12,23H,13H2,1H3,(H,28,29). The van der Waals surface area contributed by atoms with Crippen molar-refractivity contribution in [2.45, 2.75) is 19.5 Å². The average molecular weight is 449 g/mol. The van der Waals surface area contributed by atoms with Crippen molar-refractivity contribution in [2.24, 2.45) is 0 Å². The molecule has 5 rings (SSSR count). The lowest BCUT2D eigenvalue weighted by molar-refractivity contribution is 0.0730. The van der Waals surface area contributed by atoms with Gasteiger partial charge in [-0.2, -0.15) is 5.10 Å². The van der Waals surface area contributed by atoms with Gasteiger partial charge in [-0.3, -0.25) is 14.9 Å². The van der Waals surface area contributed by atoms with Gasteiger partial charge in [0.25, 0.3) is 5.91 Å². The number of benzene rings is 2. The van der Waals surface area contributed by atoms with E-state index in [2.05, 4.69) is 15.2 Å². The number of halogens is 2. The number of carbonyl (C=O) groups excluding carboxylic acids is 1. The summed E-state index contributed by atoms with van der Waals surface area (Å²) < 4.78 is 0. The summed E-state index contributed by atoms with van der Waals surface area (Å²) in [5.41, 5.74) is 6.02. The van der Waals surface area contributed by atoms with Crippen molar-refractivity contribution < 1.29 is 4.79 Å². The minimum atomic E-state index is -0.354. The summed E-state index contributed by atoms with van der Waals surface area (Å²) in [6, 6.07) is 17.1. The van der Waals surface area contributed by atoms with E-state index in [9.17, 15) is 4.79 Å². The molecule has 5 nitrogen and oxygen atoms in total. The van der Waals surface area contributed by atoms with E-state index in [1.807, 2.05) is 60.4 Å². The Labute approximate surface area is 189 Å². The third-order valence-corrected chi connectivity index (χ3v) is 6.26. The SMILES string of the molecule is Cc1ccc(-c2n[nH]c3c2C(c2ccc(Cl)c(Cl)c2)N(Cc2cccnc2)C3=O)cc1. The Balaban J connectivity index is 1.66. The Hall–Kier alpha value is -3.15. The Morgan fingerprint density at radius 2 is 1.87 bits per heavy atom. The molecule has 0 bridgehead atoms. The second-order valence-electron chi connectivity index (χ2n) is 7.60. The van der Waals surface area contributed by atoms with Crippen LogP contribution in [0.25, 0.3) is 11.3 Å². The van der Waals surface area contributed by atoms with Gasteiger partial charge in [0.05, 0.1) is 21.8 Å². The molecule has 1 amide bonds. The molecule has 2 aromatic heterocycles. The van der Waals surface area contributed by atoms with Crippen LogP contribution in [0, 0.1) is 6.92 Å². The van der Waals surface area contributed by atoms with Gasteiger partial charge in [0, 0.05) is 30.1 Å². The minimum absolute atomic E-state index is 0.110. The van der Waals surface area contributed by atoms with E-state index in [4.69, 9.17) is 23.2 Å². The Kier molecular flexibility index (Phi) is 5.00. The number of hydrogen-bond donors (Lipinski definition) is 1. The van der Waals surface area contributed by atoms with Crippen LogP contribution >= 0.6 is 23.2 Å². The molecule has 0 saturated carbocycles. The van der Waals surface area contributed by atoms with Gasteiger partial charge in [0.15, 0.2) is 0 Å². The fourth-order valence-electron chi connectivity index (χ4n) is 4.01. The van der Waals surface area contributed by atoms with E-state index in [0.717, 1.165) is 33.5 Å². The molecule has 1 aliphatic rings. The van der Waals surface area contributed by atoms with Gasteiger partial charge >= 0.3 is 0 Å². The van der Waals surface area contributed by atoms with Gasteiger partial charge < -0.3 is 4.90 Å². The summed E-state index contributed by atoms with van der Waals surface area (Å²) in [5, 5.41) is 8.39. The predicted octanol–water partition coefficient (Wildman–Crippen LogP) is 5.83. The fraction of sp³-hybridized carbons (Fsp3) is 0.125. The van der Waals surface area contributed by atoms with E-state index in [1.165, 1.54) is 0 Å². The van der Waals surface area contributed by atoms with Gasteiger partial charge in [0.1, 0.15) is 5.69 Å². The van der Waals surface area contributed by atoms with Crippen LogP contribution < -0.4 is 0 Å². The minimum Gasteiger partial charge on any atom is -0.322 e. The van der Waals surface area contributed by atoms with E-state index in [1.54, 1.807) is 18.5 Å². The van der Waals surface area contributed by atoms with Crippen molar-refractivity contribution in [1.82, 2.24) is 20.1 Å². The molecular formula is C24H18Cl2N4O. The monoisotopic (exact) mass is 448 g/mol. The molecule has 31 heavy (non-hydrogen) atoms. The van der Waals surface area contributed by atoms with Crippen LogP contribution in [0.3, 0.4) is 0 Å². The number of aryl methyl sites for hydroxylation is 1. The summed E-state index contributed by atoms with van der Waals surface area (Å²) in [4.78, 5) is 19.4. The number of amides is 1. The first kappa shape index (κ1) is 19.8. The lowest BCUT2D eigenvalue weighted by atomic mass is 9.95. The topological polar surface area (TPSA) is 61.9 Å². The van der Waals surface area contributed by atoms with Crippen molar-refractivity contribution in [3.63, 3.8) is 0 Å². The van der Waals surface area contributed by atoms with Crippen molar-refractivity contribution in [3.8, 4) is 11.3 Å². The molecule has 0 saturated heterocycles. The van der Waals surface area contributed by atoms with Crippen LogP contribution in [-0.2, 0) is 6.54 Å². The quantitative estimate of drug-likeness (QED) is 0.426. The summed E-state index contributed by atoms with van der Waals surface area (Å²) in [5.74, 6) is -0.110. The first-order valence-electron chi connectivity index (χ1n) is 9.83. The third kappa shape index (κ3) is 3.50. The van der Waals surface area contributed by atoms with Crippen molar-refractivity contribution in [1.29, 1.82) is 0 Å². The summed E-state index contributed by atoms with van der Waals surface area (Å²) in [6.45, 7) is 2.45. The maximum atomic E-state index is 13.4. The Bertz CT molecular complexity index is 1270. The smallest absolute Gasteiger partial charge is 0.273 e. The molecule has 1 N–H and O–H groups in total. The van der Waals surface area contributed by atoms with Crippen molar-refractivity contribution in [3.05, 3.63) is 105 Å². The Morgan fingerprint density at radius 3 is 2.58 bits per heavy atom. The number of nitrogens with one attached hydrogen (secondary N) is 1. The zero-order valence-electron chi connectivity index (χ0n) is 16.6. The van der Waals surface area contributed by atoms with Gasteiger partial charge in [-0.25, -0.2) is 0 Å². The van der Waals surface area contributed by atoms with Crippen LogP contribution in [0.2, 0.25) is 10.0 Å². The van der Waals surface area contributed by atoms with E-state index < -0.39 is 0 Å². The number of H-pyrrole nitrogens is 1. The number of fused-ring (bicyclic) bond motifs is 1. The summed E-state index contributed by atoms with van der Waals surface area (Å²) in [6.07, 6.45) is 3.48. The first-order valence-corrected chi connectivity index (χ1v) is 10.6. The number of aromatic nitrogens is 3. The zero-order chi connectivity index (χ0) is 21.5. The molecular weight excluding hydrogens is 431 g/mol. The maximum absolute atomic E-state index is 13.4.